The molecule has 1 unspecified atom stereocenters. The number of hydrogen-bond acceptors (Lipinski definition) is 3. The molecule has 0 saturated heterocycles. The summed E-state index contributed by atoms with van der Waals surface area (Å²) in [7, 11) is -0.763. The quantitative estimate of drug-likeness (QED) is 0.822. The topological polar surface area (TPSA) is 48.1 Å². The molecule has 0 fully saturated rings. The van der Waals surface area contributed by atoms with E-state index in [0.717, 1.165) is 5.56 Å². The van der Waals surface area contributed by atoms with Crippen molar-refractivity contribution in [2.45, 2.75) is 40.0 Å². The van der Waals surface area contributed by atoms with Gasteiger partial charge in [0.25, 0.3) is 0 Å². The van der Waals surface area contributed by atoms with Crippen LogP contribution in [0.4, 0.5) is 5.82 Å². The first kappa shape index (κ1) is 13.2. The molecule has 1 rings (SSSR count). The number of aromatic nitrogens is 1. The van der Waals surface area contributed by atoms with Crippen LogP contribution in [0.5, 0.6) is 0 Å². The summed E-state index contributed by atoms with van der Waals surface area (Å²) in [5.74, 6) is 0.575. The molecule has 0 aliphatic heterocycles. The molecule has 1 aromatic heterocycles. The molecule has 0 aliphatic rings. The zero-order chi connectivity index (χ0) is 12.3. The normalized spacial score (nSPS) is 14.1. The lowest BCUT2D eigenvalue weighted by molar-refractivity contribution is 0.0870. The highest BCUT2D eigenvalue weighted by atomic mass is 28.3. The molecule has 3 nitrogen and oxygen atoms in total. The van der Waals surface area contributed by atoms with E-state index in [1.807, 2.05) is 12.1 Å². The second-order valence-electron chi connectivity index (χ2n) is 5.25. The highest BCUT2D eigenvalue weighted by molar-refractivity contribution is 6.48. The molecule has 1 aromatic rings. The Bertz CT molecular complexity index is 347. The summed E-state index contributed by atoms with van der Waals surface area (Å²) < 4.78 is 6.06. The van der Waals surface area contributed by atoms with Crippen LogP contribution in [0.25, 0.3) is 0 Å². The van der Waals surface area contributed by atoms with E-state index in [1.165, 1.54) is 0 Å². The molecule has 1 radical (unpaired) electrons. The molecule has 0 aromatic carbocycles. The fourth-order valence-electron chi connectivity index (χ4n) is 1.59. The molecule has 1 heterocycles. The zero-order valence-electron chi connectivity index (χ0n) is 10.7. The average Bonchev–Trinajstić information content (AvgIpc) is 2.13. The van der Waals surface area contributed by atoms with Crippen molar-refractivity contribution in [2.75, 3.05) is 5.73 Å². The predicted molar refractivity (Wildman–Crippen MR) is 69.4 cm³/mol. The third-order valence-electron chi connectivity index (χ3n) is 2.29. The molecule has 1 atom stereocenters. The molecule has 16 heavy (non-hydrogen) atoms. The van der Waals surface area contributed by atoms with E-state index in [0.29, 0.717) is 5.82 Å². The number of nitrogens with two attached hydrogens (primary N) is 1. The van der Waals surface area contributed by atoms with Crippen LogP contribution in [0.3, 0.4) is 0 Å². The molecular formula is C12H21N2OSi. The van der Waals surface area contributed by atoms with Gasteiger partial charge >= 0.3 is 0 Å². The summed E-state index contributed by atoms with van der Waals surface area (Å²) >= 11 is 0. The minimum Gasteiger partial charge on any atom is -0.410 e. The largest absolute Gasteiger partial charge is 0.410 e. The van der Waals surface area contributed by atoms with E-state index in [4.69, 9.17) is 10.2 Å². The number of rotatable bonds is 3. The Hall–Kier alpha value is -0.873. The summed E-state index contributed by atoms with van der Waals surface area (Å²) in [6.45, 7) is 10.8. The van der Waals surface area contributed by atoms with E-state index in [2.05, 4.69) is 38.8 Å². The van der Waals surface area contributed by atoms with Gasteiger partial charge in [0.2, 0.25) is 9.04 Å². The molecule has 2 N–H and O–H groups in total. The summed E-state index contributed by atoms with van der Waals surface area (Å²) in [6.07, 6.45) is 1.73. The maximum absolute atomic E-state index is 6.06. The Morgan fingerprint density at radius 2 is 2.00 bits per heavy atom. The lowest BCUT2D eigenvalue weighted by Crippen LogP contribution is -2.26. The van der Waals surface area contributed by atoms with Crippen LogP contribution in [0.15, 0.2) is 18.3 Å². The summed E-state index contributed by atoms with van der Waals surface area (Å²) in [4.78, 5) is 4.13. The number of hydrogen-bond donors (Lipinski definition) is 1. The van der Waals surface area contributed by atoms with Crippen molar-refractivity contribution in [1.82, 2.24) is 4.98 Å². The van der Waals surface area contributed by atoms with E-state index in [9.17, 15) is 0 Å². The van der Waals surface area contributed by atoms with Crippen LogP contribution in [0.1, 0.15) is 32.4 Å². The van der Waals surface area contributed by atoms with Gasteiger partial charge in [-0.2, -0.15) is 0 Å². The van der Waals surface area contributed by atoms with E-state index in [1.54, 1.807) is 6.20 Å². The monoisotopic (exact) mass is 237 g/mol. The van der Waals surface area contributed by atoms with Gasteiger partial charge in [-0.25, -0.2) is 4.98 Å². The first-order chi connectivity index (χ1) is 7.32. The lowest BCUT2D eigenvalue weighted by Gasteiger charge is -2.33. The molecular weight excluding hydrogens is 216 g/mol. The Balaban J connectivity index is 3.07. The number of nitrogens with zero attached hydrogens (tertiary/aromatic N) is 1. The van der Waals surface area contributed by atoms with Crippen molar-refractivity contribution in [3.05, 3.63) is 23.9 Å². The van der Waals surface area contributed by atoms with Gasteiger partial charge in [0.05, 0.1) is 6.10 Å². The standard InChI is InChI=1S/C12H21N2OSi/c1-12(2,3)10(15-16(4)5)9-7-6-8-14-11(9)13/h6-8,10H,1-5H3,(H2,13,14). The predicted octanol–water partition coefficient (Wildman–Crippen LogP) is 3.02. The van der Waals surface area contributed by atoms with Crippen LogP contribution in [-0.2, 0) is 4.43 Å². The van der Waals surface area contributed by atoms with Crippen molar-refractivity contribution < 1.29 is 4.43 Å². The summed E-state index contributed by atoms with van der Waals surface area (Å²) in [5, 5.41) is 0. The Morgan fingerprint density at radius 3 is 2.44 bits per heavy atom. The molecule has 0 bridgehead atoms. The van der Waals surface area contributed by atoms with Gasteiger partial charge in [-0.3, -0.25) is 0 Å². The Labute approximate surface area is 99.8 Å². The van der Waals surface area contributed by atoms with Crippen molar-refractivity contribution in [2.24, 2.45) is 5.41 Å². The fourth-order valence-corrected chi connectivity index (χ4v) is 2.55. The van der Waals surface area contributed by atoms with Crippen molar-refractivity contribution in [1.29, 1.82) is 0 Å². The molecule has 4 heteroatoms. The SMILES string of the molecule is C[Si](C)OC(c1cccnc1N)C(C)(C)C. The zero-order valence-corrected chi connectivity index (χ0v) is 11.7. The fraction of sp³-hybridized carbons (Fsp3) is 0.583. The highest BCUT2D eigenvalue weighted by Crippen LogP contribution is 2.38. The lowest BCUT2D eigenvalue weighted by atomic mass is 9.85. The average molecular weight is 237 g/mol. The third kappa shape index (κ3) is 3.32. The van der Waals surface area contributed by atoms with Crippen molar-refractivity contribution >= 4 is 14.9 Å². The van der Waals surface area contributed by atoms with E-state index in [-0.39, 0.29) is 11.5 Å². The second kappa shape index (κ2) is 4.97. The van der Waals surface area contributed by atoms with Crippen LogP contribution in [0.2, 0.25) is 13.1 Å². The molecule has 0 saturated carbocycles. The number of pyridine rings is 1. The Kier molecular flexibility index (Phi) is 4.10. The number of anilines is 1. The molecule has 0 amide bonds. The third-order valence-corrected chi connectivity index (χ3v) is 3.00. The first-order valence-corrected chi connectivity index (χ1v) is 7.90. The maximum Gasteiger partial charge on any atom is 0.205 e. The van der Waals surface area contributed by atoms with Gasteiger partial charge < -0.3 is 10.2 Å². The summed E-state index contributed by atoms with van der Waals surface area (Å²) in [6, 6.07) is 3.91. The highest BCUT2D eigenvalue weighted by Gasteiger charge is 2.29. The minimum absolute atomic E-state index is 0.0186. The van der Waals surface area contributed by atoms with Crippen molar-refractivity contribution in [3.8, 4) is 0 Å². The van der Waals surface area contributed by atoms with Gasteiger partial charge in [0, 0.05) is 11.8 Å². The maximum atomic E-state index is 6.06. The molecule has 0 spiro atoms. The van der Waals surface area contributed by atoms with Gasteiger partial charge in [0.15, 0.2) is 0 Å². The van der Waals surface area contributed by atoms with Crippen LogP contribution >= 0.6 is 0 Å². The first-order valence-electron chi connectivity index (χ1n) is 5.49. The number of nitrogen functional groups attached to an aromatic ring is 1. The molecule has 89 valence electrons. The van der Waals surface area contributed by atoms with Gasteiger partial charge in [-0.15, -0.1) is 0 Å². The van der Waals surface area contributed by atoms with Crippen LogP contribution in [0, 0.1) is 5.41 Å². The summed E-state index contributed by atoms with van der Waals surface area (Å²) in [5.41, 5.74) is 6.94. The van der Waals surface area contributed by atoms with Crippen LogP contribution in [-0.4, -0.2) is 14.0 Å². The van der Waals surface area contributed by atoms with E-state index < -0.39 is 9.04 Å². The second-order valence-corrected chi connectivity index (χ2v) is 7.30. The van der Waals surface area contributed by atoms with Gasteiger partial charge in [-0.05, 0) is 24.6 Å². The molecule has 0 aliphatic carbocycles. The van der Waals surface area contributed by atoms with E-state index >= 15 is 0 Å². The van der Waals surface area contributed by atoms with Gasteiger partial charge in [0.1, 0.15) is 5.82 Å². The Morgan fingerprint density at radius 1 is 1.38 bits per heavy atom. The smallest absolute Gasteiger partial charge is 0.205 e. The minimum atomic E-state index is -0.763. The van der Waals surface area contributed by atoms with Crippen LogP contribution < -0.4 is 5.73 Å². The van der Waals surface area contributed by atoms with Gasteiger partial charge in [-0.1, -0.05) is 26.8 Å². The van der Waals surface area contributed by atoms with Crippen molar-refractivity contribution in [3.63, 3.8) is 0 Å².